The highest BCUT2D eigenvalue weighted by atomic mass is 16.5. The SMILES string of the molecule is CCCCCCCCCCCCCCCCCCNc1ccccc1COC. The van der Waals surface area contributed by atoms with E-state index in [2.05, 4.69) is 36.5 Å². The second-order valence-electron chi connectivity index (χ2n) is 8.32. The predicted octanol–water partition coefficient (Wildman–Crippen LogP) is 8.51. The molecule has 0 saturated carbocycles. The molecule has 0 aliphatic heterocycles. The average molecular weight is 390 g/mol. The van der Waals surface area contributed by atoms with E-state index in [4.69, 9.17) is 4.74 Å². The minimum absolute atomic E-state index is 0.683. The molecule has 0 unspecified atom stereocenters. The van der Waals surface area contributed by atoms with Crippen LogP contribution in [-0.4, -0.2) is 13.7 Å². The van der Waals surface area contributed by atoms with Gasteiger partial charge in [0.15, 0.2) is 0 Å². The molecular formula is C26H47NO. The summed E-state index contributed by atoms with van der Waals surface area (Å²) in [5.41, 5.74) is 2.48. The van der Waals surface area contributed by atoms with Gasteiger partial charge in [-0.2, -0.15) is 0 Å². The number of nitrogens with one attached hydrogen (secondary N) is 1. The third-order valence-corrected chi connectivity index (χ3v) is 5.66. The molecule has 0 aromatic heterocycles. The molecule has 0 heterocycles. The molecular weight excluding hydrogens is 342 g/mol. The van der Waals surface area contributed by atoms with Crippen molar-refractivity contribution in [3.8, 4) is 0 Å². The lowest BCUT2D eigenvalue weighted by Gasteiger charge is -2.11. The third-order valence-electron chi connectivity index (χ3n) is 5.66. The van der Waals surface area contributed by atoms with E-state index in [1.54, 1.807) is 7.11 Å². The highest BCUT2D eigenvalue weighted by Crippen LogP contribution is 2.17. The van der Waals surface area contributed by atoms with Crippen LogP contribution in [0.5, 0.6) is 0 Å². The number of hydrogen-bond donors (Lipinski definition) is 1. The average Bonchev–Trinajstić information content (AvgIpc) is 2.71. The molecule has 0 saturated heterocycles. The highest BCUT2D eigenvalue weighted by molar-refractivity contribution is 5.50. The van der Waals surface area contributed by atoms with Gasteiger partial charge in [-0.15, -0.1) is 0 Å². The Balaban J connectivity index is 1.81. The van der Waals surface area contributed by atoms with Gasteiger partial charge in [-0.05, 0) is 12.5 Å². The molecule has 0 fully saturated rings. The molecule has 162 valence electrons. The summed E-state index contributed by atoms with van der Waals surface area (Å²) in [7, 11) is 1.76. The Morgan fingerprint density at radius 1 is 0.643 bits per heavy atom. The van der Waals surface area contributed by atoms with Crippen LogP contribution in [-0.2, 0) is 11.3 Å². The molecule has 0 aliphatic carbocycles. The molecule has 1 aromatic rings. The Hall–Kier alpha value is -1.02. The molecule has 1 aromatic carbocycles. The first-order chi connectivity index (χ1) is 13.9. The van der Waals surface area contributed by atoms with Gasteiger partial charge in [0.05, 0.1) is 6.61 Å². The molecule has 0 spiro atoms. The third kappa shape index (κ3) is 14.0. The first kappa shape index (κ1) is 25.0. The van der Waals surface area contributed by atoms with Crippen molar-refractivity contribution in [1.29, 1.82) is 0 Å². The van der Waals surface area contributed by atoms with E-state index < -0.39 is 0 Å². The van der Waals surface area contributed by atoms with Gasteiger partial charge in [-0.25, -0.2) is 0 Å². The van der Waals surface area contributed by atoms with Gasteiger partial charge in [-0.3, -0.25) is 0 Å². The van der Waals surface area contributed by atoms with E-state index in [9.17, 15) is 0 Å². The van der Waals surface area contributed by atoms with Gasteiger partial charge in [0.1, 0.15) is 0 Å². The molecule has 2 nitrogen and oxygen atoms in total. The number of benzene rings is 1. The summed E-state index contributed by atoms with van der Waals surface area (Å²) in [5, 5.41) is 3.57. The summed E-state index contributed by atoms with van der Waals surface area (Å²) in [6.45, 7) is 4.05. The first-order valence-corrected chi connectivity index (χ1v) is 12.2. The number of hydrogen-bond acceptors (Lipinski definition) is 2. The molecule has 0 aliphatic rings. The van der Waals surface area contributed by atoms with Crippen LogP contribution in [0.25, 0.3) is 0 Å². The zero-order chi connectivity index (χ0) is 20.1. The van der Waals surface area contributed by atoms with E-state index in [-0.39, 0.29) is 0 Å². The maximum atomic E-state index is 5.27. The van der Waals surface area contributed by atoms with Crippen LogP contribution < -0.4 is 5.32 Å². The quantitative estimate of drug-likeness (QED) is 0.226. The van der Waals surface area contributed by atoms with Crippen molar-refractivity contribution >= 4 is 5.69 Å². The van der Waals surface area contributed by atoms with Crippen LogP contribution in [0.3, 0.4) is 0 Å². The maximum Gasteiger partial charge on any atom is 0.0733 e. The summed E-state index contributed by atoms with van der Waals surface area (Å²) in [6.07, 6.45) is 22.8. The largest absolute Gasteiger partial charge is 0.385 e. The summed E-state index contributed by atoms with van der Waals surface area (Å²) in [6, 6.07) is 8.46. The second kappa shape index (κ2) is 19.3. The lowest BCUT2D eigenvalue weighted by atomic mass is 10.0. The lowest BCUT2D eigenvalue weighted by molar-refractivity contribution is 0.185. The van der Waals surface area contributed by atoms with Gasteiger partial charge in [0.25, 0.3) is 0 Å². The number of para-hydroxylation sites is 1. The number of anilines is 1. The van der Waals surface area contributed by atoms with Crippen molar-refractivity contribution in [3.63, 3.8) is 0 Å². The molecule has 1 N–H and O–H groups in total. The summed E-state index contributed by atoms with van der Waals surface area (Å²) >= 11 is 0. The Bertz CT molecular complexity index is 446. The fraction of sp³-hybridized carbons (Fsp3) is 0.769. The van der Waals surface area contributed by atoms with E-state index in [0.29, 0.717) is 6.61 Å². The van der Waals surface area contributed by atoms with E-state index in [0.717, 1.165) is 6.54 Å². The molecule has 0 atom stereocenters. The lowest BCUT2D eigenvalue weighted by Crippen LogP contribution is -2.04. The Morgan fingerprint density at radius 2 is 1.11 bits per heavy atom. The van der Waals surface area contributed by atoms with Crippen LogP contribution in [0.2, 0.25) is 0 Å². The van der Waals surface area contributed by atoms with Gasteiger partial charge < -0.3 is 10.1 Å². The van der Waals surface area contributed by atoms with Crippen LogP contribution in [0.1, 0.15) is 115 Å². The van der Waals surface area contributed by atoms with Crippen molar-refractivity contribution in [2.45, 2.75) is 116 Å². The van der Waals surface area contributed by atoms with E-state index >= 15 is 0 Å². The molecule has 0 radical (unpaired) electrons. The van der Waals surface area contributed by atoms with Gasteiger partial charge >= 0.3 is 0 Å². The first-order valence-electron chi connectivity index (χ1n) is 12.2. The predicted molar refractivity (Wildman–Crippen MR) is 125 cm³/mol. The molecule has 2 heteroatoms. The summed E-state index contributed by atoms with van der Waals surface area (Å²) in [5.74, 6) is 0. The van der Waals surface area contributed by atoms with Crippen LogP contribution in [0.4, 0.5) is 5.69 Å². The van der Waals surface area contributed by atoms with Crippen molar-refractivity contribution in [2.24, 2.45) is 0 Å². The van der Waals surface area contributed by atoms with Crippen molar-refractivity contribution in [3.05, 3.63) is 29.8 Å². The number of rotatable bonds is 20. The molecule has 0 amide bonds. The molecule has 1 rings (SSSR count). The summed E-state index contributed by atoms with van der Waals surface area (Å²) in [4.78, 5) is 0. The zero-order valence-corrected chi connectivity index (χ0v) is 18.9. The smallest absolute Gasteiger partial charge is 0.0733 e. The second-order valence-corrected chi connectivity index (χ2v) is 8.32. The van der Waals surface area contributed by atoms with Crippen LogP contribution >= 0.6 is 0 Å². The van der Waals surface area contributed by atoms with E-state index in [1.807, 2.05) is 0 Å². The molecule has 0 bridgehead atoms. The number of ether oxygens (including phenoxy) is 1. The van der Waals surface area contributed by atoms with Crippen LogP contribution in [0.15, 0.2) is 24.3 Å². The fourth-order valence-electron chi connectivity index (χ4n) is 3.87. The number of unbranched alkanes of at least 4 members (excludes halogenated alkanes) is 15. The van der Waals surface area contributed by atoms with Crippen molar-refractivity contribution in [2.75, 3.05) is 19.0 Å². The van der Waals surface area contributed by atoms with Crippen molar-refractivity contribution in [1.82, 2.24) is 0 Å². The van der Waals surface area contributed by atoms with Gasteiger partial charge in [-0.1, -0.05) is 121 Å². The summed E-state index contributed by atoms with van der Waals surface area (Å²) < 4.78 is 5.27. The molecule has 28 heavy (non-hydrogen) atoms. The van der Waals surface area contributed by atoms with Gasteiger partial charge in [0, 0.05) is 24.9 Å². The Labute approximate surface area is 175 Å². The topological polar surface area (TPSA) is 21.3 Å². The maximum absolute atomic E-state index is 5.27. The zero-order valence-electron chi connectivity index (χ0n) is 18.9. The van der Waals surface area contributed by atoms with Crippen molar-refractivity contribution < 1.29 is 4.74 Å². The van der Waals surface area contributed by atoms with Crippen LogP contribution in [0, 0.1) is 0 Å². The monoisotopic (exact) mass is 389 g/mol. The Kier molecular flexibility index (Phi) is 17.2. The fourth-order valence-corrected chi connectivity index (χ4v) is 3.87. The number of methoxy groups -OCH3 is 1. The van der Waals surface area contributed by atoms with Gasteiger partial charge in [0.2, 0.25) is 0 Å². The standard InChI is InChI=1S/C26H47NO/c1-3-4-5-6-7-8-9-10-11-12-13-14-15-16-17-20-23-27-26-22-19-18-21-25(26)24-28-2/h18-19,21-22,27H,3-17,20,23-24H2,1-2H3. The van der Waals surface area contributed by atoms with E-state index in [1.165, 1.54) is 114 Å². The minimum Gasteiger partial charge on any atom is -0.385 e. The Morgan fingerprint density at radius 3 is 1.61 bits per heavy atom. The normalized spacial score (nSPS) is 11.1. The minimum atomic E-state index is 0.683. The highest BCUT2D eigenvalue weighted by Gasteiger charge is 2.00.